The second-order valence-electron chi connectivity index (χ2n) is 4.44. The Morgan fingerprint density at radius 1 is 1.30 bits per heavy atom. The van der Waals surface area contributed by atoms with Crippen LogP contribution in [0.15, 0.2) is 23.1 Å². The van der Waals surface area contributed by atoms with Crippen LogP contribution in [-0.4, -0.2) is 51.9 Å². The van der Waals surface area contributed by atoms with Gasteiger partial charge in [-0.25, -0.2) is 8.42 Å². The van der Waals surface area contributed by atoms with E-state index in [-0.39, 0.29) is 16.4 Å². The fourth-order valence-electron chi connectivity index (χ4n) is 2.02. The number of rotatable bonds is 4. The zero-order valence-corrected chi connectivity index (χ0v) is 12.3. The molecule has 110 valence electrons. The van der Waals surface area contributed by atoms with E-state index in [0.29, 0.717) is 31.9 Å². The molecule has 0 atom stereocenters. The van der Waals surface area contributed by atoms with Gasteiger partial charge in [0.15, 0.2) is 5.78 Å². The Labute approximate surface area is 118 Å². The summed E-state index contributed by atoms with van der Waals surface area (Å²) in [6.45, 7) is 2.74. The highest BCUT2D eigenvalue weighted by Crippen LogP contribution is 2.28. The Kier molecular flexibility index (Phi) is 4.42. The van der Waals surface area contributed by atoms with Gasteiger partial charge in [0.1, 0.15) is 10.6 Å². The van der Waals surface area contributed by atoms with Crippen molar-refractivity contribution in [2.75, 3.05) is 33.4 Å². The number of hydrogen-bond donors (Lipinski definition) is 0. The zero-order valence-electron chi connectivity index (χ0n) is 11.5. The van der Waals surface area contributed by atoms with Gasteiger partial charge in [-0.1, -0.05) is 0 Å². The molecule has 7 heteroatoms. The molecule has 2 rings (SSSR count). The Morgan fingerprint density at radius 2 is 1.95 bits per heavy atom. The molecule has 1 aliphatic rings. The number of nitrogens with zero attached hydrogens (tertiary/aromatic N) is 1. The first kappa shape index (κ1) is 15.0. The third-order valence-electron chi connectivity index (χ3n) is 3.16. The third kappa shape index (κ3) is 2.84. The molecule has 1 aliphatic heterocycles. The summed E-state index contributed by atoms with van der Waals surface area (Å²) < 4.78 is 36.9. The highest BCUT2D eigenvalue weighted by Gasteiger charge is 2.29. The number of carbonyl (C=O) groups excluding carboxylic acids is 1. The lowest BCUT2D eigenvalue weighted by Crippen LogP contribution is -2.40. The summed E-state index contributed by atoms with van der Waals surface area (Å²) in [5.41, 5.74) is 0.345. The van der Waals surface area contributed by atoms with E-state index >= 15 is 0 Å². The molecule has 1 fully saturated rings. The molecular formula is C13H17NO5S. The van der Waals surface area contributed by atoms with E-state index in [1.807, 2.05) is 0 Å². The van der Waals surface area contributed by atoms with Crippen molar-refractivity contribution < 1.29 is 22.7 Å². The summed E-state index contributed by atoms with van der Waals surface area (Å²) in [5, 5.41) is 0. The van der Waals surface area contributed by atoms with Crippen LogP contribution < -0.4 is 4.74 Å². The van der Waals surface area contributed by atoms with Crippen LogP contribution in [0.2, 0.25) is 0 Å². The van der Waals surface area contributed by atoms with E-state index in [9.17, 15) is 13.2 Å². The van der Waals surface area contributed by atoms with Crippen LogP contribution in [0.4, 0.5) is 0 Å². The molecule has 0 radical (unpaired) electrons. The van der Waals surface area contributed by atoms with E-state index in [2.05, 4.69) is 0 Å². The minimum Gasteiger partial charge on any atom is -0.495 e. The van der Waals surface area contributed by atoms with Crippen LogP contribution in [0.3, 0.4) is 0 Å². The molecule has 0 aromatic heterocycles. The van der Waals surface area contributed by atoms with Gasteiger partial charge in [-0.3, -0.25) is 4.79 Å². The molecule has 0 saturated carbocycles. The largest absolute Gasteiger partial charge is 0.495 e. The van der Waals surface area contributed by atoms with E-state index in [1.54, 1.807) is 6.07 Å². The number of carbonyl (C=O) groups is 1. The molecule has 20 heavy (non-hydrogen) atoms. The maximum Gasteiger partial charge on any atom is 0.246 e. The summed E-state index contributed by atoms with van der Waals surface area (Å²) in [7, 11) is -2.28. The standard InChI is InChI=1S/C13H17NO5S/c1-10(15)11-3-4-12(18-2)13(9-11)20(16,17)14-5-7-19-8-6-14/h3-4,9H,5-8H2,1-2H3. The molecule has 0 bridgehead atoms. The summed E-state index contributed by atoms with van der Waals surface area (Å²) in [4.78, 5) is 11.5. The monoisotopic (exact) mass is 299 g/mol. The zero-order chi connectivity index (χ0) is 14.8. The predicted molar refractivity (Wildman–Crippen MR) is 72.6 cm³/mol. The van der Waals surface area contributed by atoms with Gasteiger partial charge in [-0.15, -0.1) is 0 Å². The number of benzene rings is 1. The quantitative estimate of drug-likeness (QED) is 0.773. The number of Topliss-reactive ketones (excluding diaryl/α,β-unsaturated/α-hetero) is 1. The Balaban J connectivity index is 2.48. The number of hydrogen-bond acceptors (Lipinski definition) is 5. The molecule has 0 amide bonds. The normalized spacial score (nSPS) is 16.9. The maximum absolute atomic E-state index is 12.6. The minimum absolute atomic E-state index is 0.0228. The lowest BCUT2D eigenvalue weighted by atomic mass is 10.1. The molecule has 6 nitrogen and oxygen atoms in total. The van der Waals surface area contributed by atoms with Crippen molar-refractivity contribution in [3.8, 4) is 5.75 Å². The van der Waals surface area contributed by atoms with E-state index < -0.39 is 10.0 Å². The molecule has 1 heterocycles. The van der Waals surface area contributed by atoms with Gasteiger partial charge < -0.3 is 9.47 Å². The van der Waals surface area contributed by atoms with Crippen molar-refractivity contribution in [1.29, 1.82) is 0 Å². The first-order valence-corrected chi connectivity index (χ1v) is 7.67. The van der Waals surface area contributed by atoms with Gasteiger partial charge >= 0.3 is 0 Å². The molecule has 0 unspecified atom stereocenters. The minimum atomic E-state index is -3.68. The van der Waals surface area contributed by atoms with Crippen molar-refractivity contribution in [2.45, 2.75) is 11.8 Å². The van der Waals surface area contributed by atoms with Gasteiger partial charge in [0.2, 0.25) is 10.0 Å². The van der Waals surface area contributed by atoms with E-state index in [1.165, 1.54) is 30.5 Å². The van der Waals surface area contributed by atoms with Crippen LogP contribution in [-0.2, 0) is 14.8 Å². The van der Waals surface area contributed by atoms with Crippen LogP contribution in [0, 0.1) is 0 Å². The van der Waals surface area contributed by atoms with Crippen molar-refractivity contribution in [3.05, 3.63) is 23.8 Å². The second kappa shape index (κ2) is 5.90. The number of sulfonamides is 1. The van der Waals surface area contributed by atoms with Gasteiger partial charge in [-0.05, 0) is 25.1 Å². The van der Waals surface area contributed by atoms with Crippen LogP contribution in [0.25, 0.3) is 0 Å². The first-order chi connectivity index (χ1) is 9.46. The number of morpholine rings is 1. The van der Waals surface area contributed by atoms with Crippen LogP contribution in [0.1, 0.15) is 17.3 Å². The van der Waals surface area contributed by atoms with Crippen molar-refractivity contribution in [1.82, 2.24) is 4.31 Å². The topological polar surface area (TPSA) is 72.9 Å². The molecule has 1 aromatic carbocycles. The van der Waals surface area contributed by atoms with Gasteiger partial charge in [0.05, 0.1) is 20.3 Å². The average Bonchev–Trinajstić information content (AvgIpc) is 2.47. The lowest BCUT2D eigenvalue weighted by molar-refractivity contribution is 0.0729. The van der Waals surface area contributed by atoms with E-state index in [0.717, 1.165) is 0 Å². The molecule has 1 aromatic rings. The van der Waals surface area contributed by atoms with Gasteiger partial charge in [-0.2, -0.15) is 4.31 Å². The number of ether oxygens (including phenoxy) is 2. The summed E-state index contributed by atoms with van der Waals surface area (Å²) in [5.74, 6) is 0.0487. The number of ketones is 1. The molecule has 0 N–H and O–H groups in total. The molecular weight excluding hydrogens is 282 g/mol. The lowest BCUT2D eigenvalue weighted by Gasteiger charge is -2.26. The molecule has 0 aliphatic carbocycles. The molecule has 0 spiro atoms. The highest BCUT2D eigenvalue weighted by molar-refractivity contribution is 7.89. The summed E-state index contributed by atoms with van der Waals surface area (Å²) >= 11 is 0. The van der Waals surface area contributed by atoms with Crippen LogP contribution >= 0.6 is 0 Å². The maximum atomic E-state index is 12.6. The van der Waals surface area contributed by atoms with Crippen molar-refractivity contribution in [2.24, 2.45) is 0 Å². The Morgan fingerprint density at radius 3 is 2.50 bits per heavy atom. The van der Waals surface area contributed by atoms with Crippen LogP contribution in [0.5, 0.6) is 5.75 Å². The fourth-order valence-corrected chi connectivity index (χ4v) is 3.61. The average molecular weight is 299 g/mol. The fraction of sp³-hybridized carbons (Fsp3) is 0.462. The van der Waals surface area contributed by atoms with Crippen molar-refractivity contribution >= 4 is 15.8 Å². The second-order valence-corrected chi connectivity index (χ2v) is 6.34. The highest BCUT2D eigenvalue weighted by atomic mass is 32.2. The molecule has 1 saturated heterocycles. The predicted octanol–water partition coefficient (Wildman–Crippen LogP) is 0.919. The van der Waals surface area contributed by atoms with Gasteiger partial charge in [0, 0.05) is 18.7 Å². The van der Waals surface area contributed by atoms with Gasteiger partial charge in [0.25, 0.3) is 0 Å². The van der Waals surface area contributed by atoms with E-state index in [4.69, 9.17) is 9.47 Å². The van der Waals surface area contributed by atoms with Crippen molar-refractivity contribution in [3.63, 3.8) is 0 Å². The smallest absolute Gasteiger partial charge is 0.246 e. The third-order valence-corrected chi connectivity index (χ3v) is 5.08. The first-order valence-electron chi connectivity index (χ1n) is 6.23. The summed E-state index contributed by atoms with van der Waals surface area (Å²) in [6.07, 6.45) is 0. The Hall–Kier alpha value is -1.44. The SMILES string of the molecule is COc1ccc(C(C)=O)cc1S(=O)(=O)N1CCOCC1. The Bertz CT molecular complexity index is 605. The summed E-state index contributed by atoms with van der Waals surface area (Å²) in [6, 6.07) is 4.43. The number of methoxy groups -OCH3 is 1.